The molecule has 2 nitrogen and oxygen atoms in total. The lowest BCUT2D eigenvalue weighted by molar-refractivity contribution is -0.0860. The summed E-state index contributed by atoms with van der Waals surface area (Å²) in [5.41, 5.74) is 1.28. The van der Waals surface area contributed by atoms with Crippen LogP contribution in [0.25, 0.3) is 0 Å². The largest absolute Gasteiger partial charge is 0.359 e. The summed E-state index contributed by atoms with van der Waals surface area (Å²) >= 11 is 3.56. The molecule has 1 aromatic carbocycles. The van der Waals surface area contributed by atoms with Crippen LogP contribution in [-0.4, -0.2) is 20.0 Å². The van der Waals surface area contributed by atoms with Crippen LogP contribution in [0.4, 0.5) is 0 Å². The van der Waals surface area contributed by atoms with E-state index >= 15 is 0 Å². The highest BCUT2D eigenvalue weighted by molar-refractivity contribution is 9.10. The van der Waals surface area contributed by atoms with Gasteiger partial charge in [0, 0.05) is 18.0 Å². The zero-order chi connectivity index (χ0) is 12.0. The summed E-state index contributed by atoms with van der Waals surface area (Å²) in [7, 11) is 1.65. The third kappa shape index (κ3) is 4.24. The van der Waals surface area contributed by atoms with Gasteiger partial charge in [0.25, 0.3) is 0 Å². The fourth-order valence-corrected chi connectivity index (χ4v) is 1.97. The van der Waals surface area contributed by atoms with Gasteiger partial charge >= 0.3 is 0 Å². The van der Waals surface area contributed by atoms with E-state index in [4.69, 9.17) is 9.47 Å². The molecule has 1 unspecified atom stereocenters. The van der Waals surface area contributed by atoms with E-state index in [1.165, 1.54) is 5.56 Å². The number of hydrogen-bond acceptors (Lipinski definition) is 2. The molecule has 0 amide bonds. The molecule has 0 saturated carbocycles. The zero-order valence-corrected chi connectivity index (χ0v) is 11.7. The summed E-state index contributed by atoms with van der Waals surface area (Å²) in [5.74, 6) is 0.474. The van der Waals surface area contributed by atoms with Gasteiger partial charge in [-0.2, -0.15) is 0 Å². The minimum atomic E-state index is 0.193. The molecule has 16 heavy (non-hydrogen) atoms. The van der Waals surface area contributed by atoms with E-state index in [1.807, 2.05) is 12.1 Å². The number of hydrogen-bond donors (Lipinski definition) is 0. The Morgan fingerprint density at radius 2 is 1.94 bits per heavy atom. The van der Waals surface area contributed by atoms with Crippen molar-refractivity contribution in [1.82, 2.24) is 0 Å². The van der Waals surface area contributed by atoms with E-state index in [-0.39, 0.29) is 6.10 Å². The maximum Gasteiger partial charge on any atom is 0.146 e. The maximum atomic E-state index is 5.67. The van der Waals surface area contributed by atoms with Crippen LogP contribution in [0.15, 0.2) is 28.7 Å². The second-order valence-corrected chi connectivity index (χ2v) is 5.01. The van der Waals surface area contributed by atoms with Crippen molar-refractivity contribution in [2.24, 2.45) is 5.92 Å². The summed E-state index contributed by atoms with van der Waals surface area (Å²) in [6.07, 6.45) is 1.10. The normalized spacial score (nSPS) is 13.1. The van der Waals surface area contributed by atoms with E-state index in [9.17, 15) is 0 Å². The quantitative estimate of drug-likeness (QED) is 0.744. The van der Waals surface area contributed by atoms with Crippen molar-refractivity contribution in [3.63, 3.8) is 0 Å². The van der Waals surface area contributed by atoms with E-state index in [1.54, 1.807) is 7.11 Å². The third-order valence-corrected chi connectivity index (χ3v) is 3.30. The smallest absolute Gasteiger partial charge is 0.146 e. The number of ether oxygens (including phenoxy) is 2. The van der Waals surface area contributed by atoms with Gasteiger partial charge in [0.15, 0.2) is 0 Å². The second kappa shape index (κ2) is 7.05. The molecule has 1 aromatic rings. The average Bonchev–Trinajstić information content (AvgIpc) is 2.26. The Morgan fingerprint density at radius 3 is 2.50 bits per heavy atom. The van der Waals surface area contributed by atoms with Gasteiger partial charge in [0.2, 0.25) is 0 Å². The Kier molecular flexibility index (Phi) is 6.03. The first-order valence-electron chi connectivity index (χ1n) is 5.49. The third-order valence-electron chi connectivity index (χ3n) is 2.52. The van der Waals surface area contributed by atoms with Gasteiger partial charge in [-0.05, 0) is 17.5 Å². The predicted molar refractivity (Wildman–Crippen MR) is 69.4 cm³/mol. The Bertz CT molecular complexity index is 313. The van der Waals surface area contributed by atoms with Crippen LogP contribution in [-0.2, 0) is 15.9 Å². The summed E-state index contributed by atoms with van der Waals surface area (Å²) in [4.78, 5) is 0. The van der Waals surface area contributed by atoms with Crippen molar-refractivity contribution in [3.8, 4) is 0 Å². The SMILES string of the molecule is COCOC(Cc1ccccc1Br)C(C)C. The molecule has 0 spiro atoms. The molecule has 0 heterocycles. The molecule has 3 heteroatoms. The topological polar surface area (TPSA) is 18.5 Å². The van der Waals surface area contributed by atoms with Crippen molar-refractivity contribution < 1.29 is 9.47 Å². The summed E-state index contributed by atoms with van der Waals surface area (Å²) in [5, 5.41) is 0. The highest BCUT2D eigenvalue weighted by Crippen LogP contribution is 2.21. The van der Waals surface area contributed by atoms with Gasteiger partial charge < -0.3 is 9.47 Å². The molecule has 0 aliphatic heterocycles. The highest BCUT2D eigenvalue weighted by atomic mass is 79.9. The Morgan fingerprint density at radius 1 is 1.25 bits per heavy atom. The van der Waals surface area contributed by atoms with Gasteiger partial charge in [0.1, 0.15) is 6.79 Å². The summed E-state index contributed by atoms with van der Waals surface area (Å²) in [6, 6.07) is 8.25. The Hall–Kier alpha value is -0.380. The van der Waals surface area contributed by atoms with Crippen molar-refractivity contribution >= 4 is 15.9 Å². The van der Waals surface area contributed by atoms with Gasteiger partial charge in [-0.15, -0.1) is 0 Å². The van der Waals surface area contributed by atoms with E-state index in [0.717, 1.165) is 10.9 Å². The molecular weight excluding hydrogens is 268 g/mol. The molecular formula is C13H19BrO2. The molecule has 0 N–H and O–H groups in total. The first kappa shape index (κ1) is 13.7. The fraction of sp³-hybridized carbons (Fsp3) is 0.538. The van der Waals surface area contributed by atoms with Crippen molar-refractivity contribution in [1.29, 1.82) is 0 Å². The zero-order valence-electron chi connectivity index (χ0n) is 10.1. The van der Waals surface area contributed by atoms with Crippen LogP contribution in [0.2, 0.25) is 0 Å². The molecule has 0 fully saturated rings. The van der Waals surface area contributed by atoms with Crippen LogP contribution >= 0.6 is 15.9 Å². The van der Waals surface area contributed by atoms with Crippen LogP contribution in [0.1, 0.15) is 19.4 Å². The van der Waals surface area contributed by atoms with E-state index in [2.05, 4.69) is 41.9 Å². The number of halogens is 1. The van der Waals surface area contributed by atoms with Crippen LogP contribution in [0, 0.1) is 5.92 Å². The lowest BCUT2D eigenvalue weighted by atomic mass is 9.99. The molecule has 0 aromatic heterocycles. The first-order valence-corrected chi connectivity index (χ1v) is 6.28. The lowest BCUT2D eigenvalue weighted by Gasteiger charge is -2.21. The standard InChI is InChI=1S/C13H19BrO2/c1-10(2)13(16-9-15-3)8-11-6-4-5-7-12(11)14/h4-7,10,13H,8-9H2,1-3H3. The van der Waals surface area contributed by atoms with Gasteiger partial charge in [0.05, 0.1) is 6.10 Å². The highest BCUT2D eigenvalue weighted by Gasteiger charge is 2.15. The minimum Gasteiger partial charge on any atom is -0.359 e. The molecule has 0 bridgehead atoms. The van der Waals surface area contributed by atoms with E-state index in [0.29, 0.717) is 12.7 Å². The predicted octanol–water partition coefficient (Wildman–Crippen LogP) is 3.64. The molecule has 0 aliphatic carbocycles. The average molecular weight is 287 g/mol. The molecule has 1 rings (SSSR count). The monoisotopic (exact) mass is 286 g/mol. The Balaban J connectivity index is 2.64. The Labute approximate surface area is 106 Å². The van der Waals surface area contributed by atoms with Crippen LogP contribution < -0.4 is 0 Å². The van der Waals surface area contributed by atoms with Gasteiger partial charge in [-0.3, -0.25) is 0 Å². The number of methoxy groups -OCH3 is 1. The molecule has 0 saturated heterocycles. The first-order chi connectivity index (χ1) is 7.65. The summed E-state index contributed by atoms with van der Waals surface area (Å²) in [6.45, 7) is 4.68. The van der Waals surface area contributed by atoms with Gasteiger partial charge in [-0.1, -0.05) is 48.0 Å². The van der Waals surface area contributed by atoms with Crippen LogP contribution in [0.5, 0.6) is 0 Å². The number of benzene rings is 1. The van der Waals surface area contributed by atoms with Crippen LogP contribution in [0.3, 0.4) is 0 Å². The van der Waals surface area contributed by atoms with Crippen molar-refractivity contribution in [2.45, 2.75) is 26.4 Å². The molecule has 90 valence electrons. The van der Waals surface area contributed by atoms with Gasteiger partial charge in [-0.25, -0.2) is 0 Å². The number of rotatable bonds is 6. The summed E-state index contributed by atoms with van der Waals surface area (Å²) < 4.78 is 11.8. The minimum absolute atomic E-state index is 0.193. The molecule has 0 aliphatic rings. The van der Waals surface area contributed by atoms with E-state index < -0.39 is 0 Å². The molecule has 1 atom stereocenters. The molecule has 0 radical (unpaired) electrons. The van der Waals surface area contributed by atoms with Crippen molar-refractivity contribution in [2.75, 3.05) is 13.9 Å². The second-order valence-electron chi connectivity index (χ2n) is 4.15. The fourth-order valence-electron chi connectivity index (χ4n) is 1.52. The lowest BCUT2D eigenvalue weighted by Crippen LogP contribution is -2.23. The van der Waals surface area contributed by atoms with Crippen molar-refractivity contribution in [3.05, 3.63) is 34.3 Å². The maximum absolute atomic E-state index is 5.67.